The number of methoxy groups -OCH3 is 1. The second-order valence-corrected chi connectivity index (χ2v) is 7.69. The number of rotatable bonds is 9. The number of alkyl halides is 2. The molecule has 1 aromatic heterocycles. The minimum Gasteiger partial charge on any atom is -0.497 e. The number of ketones is 1. The lowest BCUT2D eigenvalue weighted by atomic mass is 10.1. The summed E-state index contributed by atoms with van der Waals surface area (Å²) in [6, 6.07) is 8.42. The Bertz CT molecular complexity index is 1170. The third kappa shape index (κ3) is 5.17. The molecule has 2 aromatic carbocycles. The van der Waals surface area contributed by atoms with Gasteiger partial charge in [0.15, 0.2) is 16.7 Å². The van der Waals surface area contributed by atoms with Crippen LogP contribution >= 0.6 is 11.3 Å². The van der Waals surface area contributed by atoms with E-state index in [1.807, 2.05) is 0 Å². The molecule has 3 aromatic rings. The van der Waals surface area contributed by atoms with Crippen molar-refractivity contribution in [3.8, 4) is 11.5 Å². The van der Waals surface area contributed by atoms with Crippen molar-refractivity contribution in [2.24, 2.45) is 5.73 Å². The predicted molar refractivity (Wildman–Crippen MR) is 117 cm³/mol. The van der Waals surface area contributed by atoms with Crippen molar-refractivity contribution >= 4 is 39.7 Å². The lowest BCUT2D eigenvalue weighted by Gasteiger charge is -2.27. The van der Waals surface area contributed by atoms with E-state index in [2.05, 4.69) is 9.72 Å². The molecule has 8 nitrogen and oxygen atoms in total. The van der Waals surface area contributed by atoms with Crippen molar-refractivity contribution in [2.75, 3.05) is 17.7 Å². The molecule has 4 N–H and O–H groups in total. The quantitative estimate of drug-likeness (QED) is 0.448. The van der Waals surface area contributed by atoms with E-state index in [0.29, 0.717) is 11.3 Å². The first kappa shape index (κ1) is 23.9. The number of halogens is 3. The lowest BCUT2D eigenvalue weighted by molar-refractivity contribution is -0.118. The fraction of sp³-hybridized carbons (Fsp3) is 0.190. The van der Waals surface area contributed by atoms with E-state index >= 15 is 0 Å². The highest BCUT2D eigenvalue weighted by molar-refractivity contribution is 7.18. The molecule has 0 radical (unpaired) electrons. The highest BCUT2D eigenvalue weighted by Crippen LogP contribution is 2.37. The normalized spacial score (nSPS) is 11.8. The lowest BCUT2D eigenvalue weighted by Crippen LogP contribution is -2.40. The van der Waals surface area contributed by atoms with Gasteiger partial charge in [-0.3, -0.25) is 9.59 Å². The Hall–Kier alpha value is -3.80. The number of benzene rings is 2. The van der Waals surface area contributed by atoms with E-state index in [9.17, 15) is 22.8 Å². The van der Waals surface area contributed by atoms with Gasteiger partial charge in [-0.05, 0) is 43.3 Å². The van der Waals surface area contributed by atoms with Gasteiger partial charge >= 0.3 is 6.61 Å². The third-order valence-electron chi connectivity index (χ3n) is 4.62. The monoisotopic (exact) mass is 480 g/mol. The molecule has 12 heteroatoms. The number of carbonyl (C=O) groups excluding carboxylic acids is 2. The molecular formula is C21H19F3N4O4S. The largest absolute Gasteiger partial charge is 0.497 e. The van der Waals surface area contributed by atoms with Gasteiger partial charge in [-0.2, -0.15) is 8.78 Å². The van der Waals surface area contributed by atoms with Crippen molar-refractivity contribution in [3.05, 3.63) is 58.7 Å². The summed E-state index contributed by atoms with van der Waals surface area (Å²) in [5.74, 6) is -2.50. The summed E-state index contributed by atoms with van der Waals surface area (Å²) in [7, 11) is 1.49. The molecule has 0 bridgehead atoms. The average Bonchev–Trinajstić information content (AvgIpc) is 3.15. The van der Waals surface area contributed by atoms with Crippen LogP contribution in [0.25, 0.3) is 0 Å². The molecule has 0 aliphatic heterocycles. The molecule has 3 rings (SSSR count). The van der Waals surface area contributed by atoms with Crippen molar-refractivity contribution in [1.29, 1.82) is 0 Å². The van der Waals surface area contributed by atoms with Gasteiger partial charge in [0.05, 0.1) is 7.11 Å². The number of ether oxygens (including phenoxy) is 2. The summed E-state index contributed by atoms with van der Waals surface area (Å²) in [4.78, 5) is 30.4. The zero-order chi connectivity index (χ0) is 24.3. The minimum atomic E-state index is -3.21. The number of nitrogen functional groups attached to an aromatic ring is 1. The van der Waals surface area contributed by atoms with Crippen LogP contribution in [0.2, 0.25) is 0 Å². The Kier molecular flexibility index (Phi) is 7.07. The average molecular weight is 480 g/mol. The van der Waals surface area contributed by atoms with Gasteiger partial charge in [-0.25, -0.2) is 9.37 Å². The second-order valence-electron chi connectivity index (χ2n) is 6.71. The van der Waals surface area contributed by atoms with E-state index in [-0.39, 0.29) is 21.5 Å². The number of nitrogens with two attached hydrogens (primary N) is 2. The standard InChI is InChI=1S/C21H19F3N4O4S/c1-10(19(26)30)28(12-5-8-15(14(22)9-12)32-20(23)24)21-27-18(25)17(33-21)16(29)11-3-6-13(31-2)7-4-11/h3-10,20H,25H2,1-2H3,(H2,26,30)/t10-/m1/s1. The number of nitrogens with zero attached hydrogens (tertiary/aromatic N) is 2. The van der Waals surface area contributed by atoms with Crippen LogP contribution in [0.4, 0.5) is 29.8 Å². The molecule has 174 valence electrons. The van der Waals surface area contributed by atoms with Crippen LogP contribution in [0.15, 0.2) is 42.5 Å². The smallest absolute Gasteiger partial charge is 0.387 e. The van der Waals surface area contributed by atoms with Crippen molar-refractivity contribution in [1.82, 2.24) is 4.98 Å². The van der Waals surface area contributed by atoms with Gasteiger partial charge < -0.3 is 25.8 Å². The third-order valence-corrected chi connectivity index (χ3v) is 5.68. The van der Waals surface area contributed by atoms with Crippen LogP contribution in [-0.2, 0) is 4.79 Å². The predicted octanol–water partition coefficient (Wildman–Crippen LogP) is 3.72. The van der Waals surface area contributed by atoms with Gasteiger partial charge in [-0.1, -0.05) is 11.3 Å². The Labute approximate surface area is 190 Å². The number of primary amides is 1. The highest BCUT2D eigenvalue weighted by Gasteiger charge is 2.28. The van der Waals surface area contributed by atoms with Crippen LogP contribution in [-0.4, -0.2) is 36.4 Å². The van der Waals surface area contributed by atoms with Crippen LogP contribution in [0.1, 0.15) is 22.2 Å². The summed E-state index contributed by atoms with van der Waals surface area (Å²) in [6.07, 6.45) is 0. The molecule has 1 atom stereocenters. The van der Waals surface area contributed by atoms with Crippen LogP contribution in [0, 0.1) is 5.82 Å². The molecule has 0 saturated heterocycles. The maximum atomic E-state index is 14.3. The molecule has 0 aliphatic carbocycles. The number of carbonyl (C=O) groups is 2. The summed E-state index contributed by atoms with van der Waals surface area (Å²) in [6.45, 7) is -1.77. The molecule has 0 aliphatic rings. The number of amides is 1. The van der Waals surface area contributed by atoms with Gasteiger partial charge in [0.2, 0.25) is 11.7 Å². The zero-order valence-electron chi connectivity index (χ0n) is 17.4. The van der Waals surface area contributed by atoms with Crippen molar-refractivity contribution < 1.29 is 32.2 Å². The second kappa shape index (κ2) is 9.77. The van der Waals surface area contributed by atoms with E-state index in [1.165, 1.54) is 25.0 Å². The SMILES string of the molecule is COc1ccc(C(=O)c2sc(N(c3ccc(OC(F)F)c(F)c3)[C@H](C)C(N)=O)nc2N)cc1. The van der Waals surface area contributed by atoms with Crippen LogP contribution in [0.3, 0.4) is 0 Å². The molecule has 0 fully saturated rings. The van der Waals surface area contributed by atoms with Crippen molar-refractivity contribution in [3.63, 3.8) is 0 Å². The first-order valence-corrected chi connectivity index (χ1v) is 10.2. The van der Waals surface area contributed by atoms with Gasteiger partial charge in [0, 0.05) is 17.3 Å². The Morgan fingerprint density at radius 2 is 1.82 bits per heavy atom. The highest BCUT2D eigenvalue weighted by atomic mass is 32.1. The Morgan fingerprint density at radius 1 is 1.15 bits per heavy atom. The Morgan fingerprint density at radius 3 is 2.36 bits per heavy atom. The van der Waals surface area contributed by atoms with Gasteiger partial charge in [0.1, 0.15) is 22.5 Å². The molecule has 33 heavy (non-hydrogen) atoms. The maximum Gasteiger partial charge on any atom is 0.387 e. The number of thiazole rings is 1. The maximum absolute atomic E-state index is 14.3. The number of hydrogen-bond donors (Lipinski definition) is 2. The van der Waals surface area contributed by atoms with Gasteiger partial charge in [0.25, 0.3) is 0 Å². The topological polar surface area (TPSA) is 121 Å². The first-order valence-electron chi connectivity index (χ1n) is 9.40. The van der Waals surface area contributed by atoms with E-state index in [0.717, 1.165) is 23.5 Å². The van der Waals surface area contributed by atoms with Crippen LogP contribution in [0.5, 0.6) is 11.5 Å². The zero-order valence-corrected chi connectivity index (χ0v) is 18.2. The van der Waals surface area contributed by atoms with E-state index < -0.39 is 35.9 Å². The number of hydrogen-bond acceptors (Lipinski definition) is 8. The van der Waals surface area contributed by atoms with Gasteiger partial charge in [-0.15, -0.1) is 0 Å². The number of aromatic nitrogens is 1. The minimum absolute atomic E-state index is 0.0672. The summed E-state index contributed by atoms with van der Waals surface area (Å²) < 4.78 is 48.4. The fourth-order valence-electron chi connectivity index (χ4n) is 2.92. The Balaban J connectivity index is 2.01. The fourth-order valence-corrected chi connectivity index (χ4v) is 3.97. The molecule has 0 spiro atoms. The van der Waals surface area contributed by atoms with Crippen molar-refractivity contribution in [2.45, 2.75) is 19.6 Å². The molecule has 1 heterocycles. The van der Waals surface area contributed by atoms with E-state index in [1.54, 1.807) is 24.3 Å². The first-order chi connectivity index (χ1) is 15.6. The number of anilines is 3. The van der Waals surface area contributed by atoms with Crippen LogP contribution < -0.4 is 25.8 Å². The molecular weight excluding hydrogens is 461 g/mol. The molecule has 0 unspecified atom stereocenters. The molecule has 1 amide bonds. The summed E-state index contributed by atoms with van der Waals surface area (Å²) in [5.41, 5.74) is 11.8. The molecule has 0 saturated carbocycles. The summed E-state index contributed by atoms with van der Waals surface area (Å²) in [5, 5.41) is 0.0811. The summed E-state index contributed by atoms with van der Waals surface area (Å²) >= 11 is 0.869. The van der Waals surface area contributed by atoms with E-state index in [4.69, 9.17) is 16.2 Å².